The third kappa shape index (κ3) is 1.52. The molecule has 2 aromatic heterocycles. The Kier molecular flexibility index (Phi) is 2.26. The fraction of sp³-hybridized carbons (Fsp3) is 0.0769. The van der Waals surface area contributed by atoms with Crippen LogP contribution in [0.15, 0.2) is 36.8 Å². The van der Waals surface area contributed by atoms with Crippen LogP contribution >= 0.6 is 0 Å². The Balaban J connectivity index is 2.32. The van der Waals surface area contributed by atoms with Crippen LogP contribution in [0.1, 0.15) is 0 Å². The number of rotatable bonds is 1. The molecule has 4 nitrogen and oxygen atoms in total. The Labute approximate surface area is 103 Å². The summed E-state index contributed by atoms with van der Waals surface area (Å²) < 4.78 is 14.8. The maximum atomic E-state index is 12.9. The highest BCUT2D eigenvalue weighted by atomic mass is 19.1. The minimum absolute atomic E-state index is 0.261. The second-order valence-electron chi connectivity index (χ2n) is 4.12. The molecule has 1 aromatic carbocycles. The molecule has 2 N–H and O–H groups in total. The molecular formula is C13H11FN4. The zero-order valence-electron chi connectivity index (χ0n) is 9.76. The predicted octanol–water partition coefficient (Wildman–Crippen LogP) is 2.36. The highest BCUT2D eigenvalue weighted by Crippen LogP contribution is 2.31. The number of benzene rings is 1. The van der Waals surface area contributed by atoms with Gasteiger partial charge in [-0.3, -0.25) is 0 Å². The molecule has 0 aliphatic carbocycles. The summed E-state index contributed by atoms with van der Waals surface area (Å²) in [5, 5.41) is 0.798. The van der Waals surface area contributed by atoms with E-state index in [9.17, 15) is 4.39 Å². The Morgan fingerprint density at radius 1 is 1.17 bits per heavy atom. The van der Waals surface area contributed by atoms with Crippen molar-refractivity contribution in [3.8, 4) is 11.1 Å². The number of halogens is 1. The minimum Gasteiger partial charge on any atom is -0.383 e. The van der Waals surface area contributed by atoms with E-state index < -0.39 is 0 Å². The normalized spacial score (nSPS) is 11.0. The molecule has 0 spiro atoms. The molecule has 18 heavy (non-hydrogen) atoms. The van der Waals surface area contributed by atoms with Crippen LogP contribution in [0.4, 0.5) is 10.2 Å². The lowest BCUT2D eigenvalue weighted by Crippen LogP contribution is -1.94. The van der Waals surface area contributed by atoms with Gasteiger partial charge in [-0.15, -0.1) is 0 Å². The Bertz CT molecular complexity index is 716. The van der Waals surface area contributed by atoms with E-state index in [1.54, 1.807) is 12.1 Å². The lowest BCUT2D eigenvalue weighted by molar-refractivity contribution is 0.628. The molecule has 2 heterocycles. The van der Waals surface area contributed by atoms with Gasteiger partial charge in [0, 0.05) is 18.8 Å². The zero-order valence-corrected chi connectivity index (χ0v) is 9.76. The molecule has 0 amide bonds. The third-order valence-corrected chi connectivity index (χ3v) is 2.94. The average Bonchev–Trinajstić information content (AvgIpc) is 2.70. The molecule has 0 saturated heterocycles. The van der Waals surface area contributed by atoms with Gasteiger partial charge in [0.25, 0.3) is 0 Å². The molecule has 0 saturated carbocycles. The Morgan fingerprint density at radius 2 is 1.89 bits per heavy atom. The van der Waals surface area contributed by atoms with E-state index in [1.807, 2.05) is 17.8 Å². The van der Waals surface area contributed by atoms with Crippen LogP contribution < -0.4 is 5.73 Å². The van der Waals surface area contributed by atoms with Crippen molar-refractivity contribution in [3.05, 3.63) is 42.6 Å². The number of nitrogens with two attached hydrogens (primary N) is 1. The summed E-state index contributed by atoms with van der Waals surface area (Å²) in [6.45, 7) is 0. The summed E-state index contributed by atoms with van der Waals surface area (Å²) in [5.74, 6) is 0.170. The van der Waals surface area contributed by atoms with Crippen LogP contribution in [0.2, 0.25) is 0 Å². The quantitative estimate of drug-likeness (QED) is 0.712. The summed E-state index contributed by atoms with van der Waals surface area (Å²) in [6, 6.07) is 6.29. The molecule has 0 bridgehead atoms. The van der Waals surface area contributed by atoms with Gasteiger partial charge >= 0.3 is 0 Å². The monoisotopic (exact) mass is 242 g/mol. The summed E-state index contributed by atoms with van der Waals surface area (Å²) in [4.78, 5) is 8.21. The van der Waals surface area contributed by atoms with Crippen LogP contribution in [-0.4, -0.2) is 14.5 Å². The Morgan fingerprint density at radius 3 is 2.61 bits per heavy atom. The molecule has 0 aliphatic rings. The van der Waals surface area contributed by atoms with Crippen LogP contribution in [0.25, 0.3) is 22.2 Å². The molecule has 0 aliphatic heterocycles. The number of nitrogens with zero attached hydrogens (tertiary/aromatic N) is 3. The molecule has 0 atom stereocenters. The van der Waals surface area contributed by atoms with E-state index >= 15 is 0 Å². The van der Waals surface area contributed by atoms with Crippen molar-refractivity contribution in [3.63, 3.8) is 0 Å². The standard InChI is InChI=1S/C13H11FN4/c1-18-6-10(8-2-4-9(14)5-3-8)11-12(15)16-7-17-13(11)18/h2-7H,1H3,(H2,15,16,17). The van der Waals surface area contributed by atoms with Crippen molar-refractivity contribution in [1.29, 1.82) is 0 Å². The Hall–Kier alpha value is -2.43. The van der Waals surface area contributed by atoms with Crippen LogP contribution in [0.3, 0.4) is 0 Å². The maximum Gasteiger partial charge on any atom is 0.145 e. The number of hydrogen-bond acceptors (Lipinski definition) is 3. The largest absolute Gasteiger partial charge is 0.383 e. The van der Waals surface area contributed by atoms with Gasteiger partial charge in [0.15, 0.2) is 0 Å². The number of hydrogen-bond donors (Lipinski definition) is 1. The number of fused-ring (bicyclic) bond motifs is 1. The van der Waals surface area contributed by atoms with E-state index in [2.05, 4.69) is 9.97 Å². The number of aromatic nitrogens is 3. The minimum atomic E-state index is -0.261. The molecule has 0 unspecified atom stereocenters. The number of aryl methyl sites for hydroxylation is 1. The summed E-state index contributed by atoms with van der Waals surface area (Å²) >= 11 is 0. The maximum absolute atomic E-state index is 12.9. The zero-order chi connectivity index (χ0) is 12.7. The van der Waals surface area contributed by atoms with Crippen molar-refractivity contribution < 1.29 is 4.39 Å². The smallest absolute Gasteiger partial charge is 0.145 e. The second kappa shape index (κ2) is 3.80. The first kappa shape index (κ1) is 10.7. The first-order chi connectivity index (χ1) is 8.66. The lowest BCUT2D eigenvalue weighted by Gasteiger charge is -2.00. The van der Waals surface area contributed by atoms with E-state index in [4.69, 9.17) is 5.73 Å². The van der Waals surface area contributed by atoms with Crippen LogP contribution in [-0.2, 0) is 7.05 Å². The van der Waals surface area contributed by atoms with Crippen molar-refractivity contribution in [2.45, 2.75) is 0 Å². The molecule has 90 valence electrons. The topological polar surface area (TPSA) is 56.7 Å². The van der Waals surface area contributed by atoms with Gasteiger partial charge in [0.2, 0.25) is 0 Å². The molecule has 0 fully saturated rings. The van der Waals surface area contributed by atoms with Crippen molar-refractivity contribution in [2.75, 3.05) is 5.73 Å². The summed E-state index contributed by atoms with van der Waals surface area (Å²) in [5.41, 5.74) is 8.46. The predicted molar refractivity (Wildman–Crippen MR) is 68.3 cm³/mol. The highest BCUT2D eigenvalue weighted by Gasteiger charge is 2.12. The first-order valence-corrected chi connectivity index (χ1v) is 5.48. The van der Waals surface area contributed by atoms with Gasteiger partial charge in [0.1, 0.15) is 23.6 Å². The lowest BCUT2D eigenvalue weighted by atomic mass is 10.1. The van der Waals surface area contributed by atoms with Crippen molar-refractivity contribution in [2.24, 2.45) is 7.05 Å². The van der Waals surface area contributed by atoms with Gasteiger partial charge in [0.05, 0.1) is 5.39 Å². The summed E-state index contributed by atoms with van der Waals surface area (Å²) in [6.07, 6.45) is 3.36. The van der Waals surface area contributed by atoms with Crippen molar-refractivity contribution >= 4 is 16.9 Å². The number of nitrogen functional groups attached to an aromatic ring is 1. The van der Waals surface area contributed by atoms with Crippen LogP contribution in [0, 0.1) is 5.82 Å². The molecule has 3 rings (SSSR count). The third-order valence-electron chi connectivity index (χ3n) is 2.94. The van der Waals surface area contributed by atoms with E-state index in [0.717, 1.165) is 22.2 Å². The van der Waals surface area contributed by atoms with Gasteiger partial charge in [-0.2, -0.15) is 0 Å². The van der Waals surface area contributed by atoms with Gasteiger partial charge in [-0.1, -0.05) is 12.1 Å². The van der Waals surface area contributed by atoms with E-state index in [1.165, 1.54) is 18.5 Å². The van der Waals surface area contributed by atoms with E-state index in [0.29, 0.717) is 5.82 Å². The molecule has 0 radical (unpaired) electrons. The van der Waals surface area contributed by atoms with E-state index in [-0.39, 0.29) is 5.82 Å². The van der Waals surface area contributed by atoms with Gasteiger partial charge < -0.3 is 10.3 Å². The second-order valence-corrected chi connectivity index (χ2v) is 4.12. The SMILES string of the molecule is Cn1cc(-c2ccc(F)cc2)c2c(N)ncnc21. The van der Waals surface area contributed by atoms with Crippen LogP contribution in [0.5, 0.6) is 0 Å². The van der Waals surface area contributed by atoms with Gasteiger partial charge in [-0.25, -0.2) is 14.4 Å². The summed E-state index contributed by atoms with van der Waals surface area (Å²) in [7, 11) is 1.89. The van der Waals surface area contributed by atoms with Crippen molar-refractivity contribution in [1.82, 2.24) is 14.5 Å². The molecule has 5 heteroatoms. The molecular weight excluding hydrogens is 231 g/mol. The first-order valence-electron chi connectivity index (χ1n) is 5.48. The molecule has 3 aromatic rings. The fourth-order valence-electron chi connectivity index (χ4n) is 2.08. The fourth-order valence-corrected chi connectivity index (χ4v) is 2.08. The highest BCUT2D eigenvalue weighted by molar-refractivity contribution is 6.00. The van der Waals surface area contributed by atoms with Gasteiger partial charge in [-0.05, 0) is 17.7 Å². The number of anilines is 1. The average molecular weight is 242 g/mol.